The second kappa shape index (κ2) is 4.82. The van der Waals surface area contributed by atoms with Gasteiger partial charge in [-0.25, -0.2) is 4.68 Å². The molecule has 1 atom stereocenters. The summed E-state index contributed by atoms with van der Waals surface area (Å²) in [4.78, 5) is 0. The van der Waals surface area contributed by atoms with Crippen LogP contribution in [-0.2, 0) is 6.42 Å². The first kappa shape index (κ1) is 12.4. The average Bonchev–Trinajstić information content (AvgIpc) is 3.08. The lowest BCUT2D eigenvalue weighted by Gasteiger charge is -2.10. The standard InChI is InChI=1S/C16H21N3/c1-11-9-13(10-12(2)17)3-6-16(11)19-8-7-15(18-19)14-4-5-14/h3,6-9,12,14H,4-5,10,17H2,1-2H3. The molecule has 0 spiro atoms. The number of rotatable bonds is 4. The molecule has 100 valence electrons. The Morgan fingerprint density at radius 3 is 2.79 bits per heavy atom. The second-order valence-electron chi connectivity index (χ2n) is 5.76. The van der Waals surface area contributed by atoms with Crippen molar-refractivity contribution in [3.8, 4) is 5.69 Å². The van der Waals surface area contributed by atoms with Crippen LogP contribution in [0.25, 0.3) is 5.69 Å². The zero-order valence-electron chi connectivity index (χ0n) is 11.6. The van der Waals surface area contributed by atoms with Gasteiger partial charge in [-0.2, -0.15) is 5.10 Å². The number of hydrogen-bond acceptors (Lipinski definition) is 2. The molecule has 1 fully saturated rings. The van der Waals surface area contributed by atoms with Crippen molar-refractivity contribution in [2.75, 3.05) is 0 Å². The van der Waals surface area contributed by atoms with Gasteiger partial charge in [0.2, 0.25) is 0 Å². The molecule has 2 N–H and O–H groups in total. The highest BCUT2D eigenvalue weighted by Gasteiger charge is 2.25. The molecule has 1 aliphatic rings. The minimum Gasteiger partial charge on any atom is -0.328 e. The SMILES string of the molecule is Cc1cc(CC(C)N)ccc1-n1ccc(C2CC2)n1. The van der Waals surface area contributed by atoms with Gasteiger partial charge in [0.25, 0.3) is 0 Å². The molecule has 0 aliphatic heterocycles. The van der Waals surface area contributed by atoms with Crippen LogP contribution >= 0.6 is 0 Å². The molecule has 3 heteroatoms. The van der Waals surface area contributed by atoms with Gasteiger partial charge in [-0.3, -0.25) is 0 Å². The molecule has 19 heavy (non-hydrogen) atoms. The fraction of sp³-hybridized carbons (Fsp3) is 0.438. The molecule has 2 aromatic rings. The van der Waals surface area contributed by atoms with Gasteiger partial charge in [0.05, 0.1) is 11.4 Å². The van der Waals surface area contributed by atoms with Crippen LogP contribution < -0.4 is 5.73 Å². The van der Waals surface area contributed by atoms with Crippen molar-refractivity contribution in [3.63, 3.8) is 0 Å². The molecule has 1 heterocycles. The van der Waals surface area contributed by atoms with Crippen molar-refractivity contribution in [1.82, 2.24) is 9.78 Å². The highest BCUT2D eigenvalue weighted by atomic mass is 15.3. The van der Waals surface area contributed by atoms with Gasteiger partial charge >= 0.3 is 0 Å². The lowest BCUT2D eigenvalue weighted by molar-refractivity contribution is 0.736. The Morgan fingerprint density at radius 2 is 2.16 bits per heavy atom. The highest BCUT2D eigenvalue weighted by Crippen LogP contribution is 2.39. The van der Waals surface area contributed by atoms with Crippen LogP contribution in [0.4, 0.5) is 0 Å². The molecular formula is C16H21N3. The number of aromatic nitrogens is 2. The van der Waals surface area contributed by atoms with E-state index in [9.17, 15) is 0 Å². The van der Waals surface area contributed by atoms with Crippen molar-refractivity contribution in [1.29, 1.82) is 0 Å². The molecule has 0 saturated heterocycles. The topological polar surface area (TPSA) is 43.8 Å². The summed E-state index contributed by atoms with van der Waals surface area (Å²) in [5.74, 6) is 0.707. The summed E-state index contributed by atoms with van der Waals surface area (Å²) in [6.45, 7) is 4.18. The maximum atomic E-state index is 5.85. The van der Waals surface area contributed by atoms with Gasteiger partial charge in [0.15, 0.2) is 0 Å². The van der Waals surface area contributed by atoms with Crippen molar-refractivity contribution >= 4 is 0 Å². The van der Waals surface area contributed by atoms with Crippen LogP contribution in [0.3, 0.4) is 0 Å². The Kier molecular flexibility index (Phi) is 3.15. The monoisotopic (exact) mass is 255 g/mol. The number of hydrogen-bond donors (Lipinski definition) is 1. The summed E-state index contributed by atoms with van der Waals surface area (Å²) in [5, 5.41) is 4.69. The predicted molar refractivity (Wildman–Crippen MR) is 77.6 cm³/mol. The van der Waals surface area contributed by atoms with E-state index in [2.05, 4.69) is 42.5 Å². The van der Waals surface area contributed by atoms with Gasteiger partial charge < -0.3 is 5.73 Å². The van der Waals surface area contributed by atoms with E-state index in [4.69, 9.17) is 5.73 Å². The maximum absolute atomic E-state index is 5.85. The molecule has 3 rings (SSSR count). The first-order chi connectivity index (χ1) is 9.13. The van der Waals surface area contributed by atoms with Crippen LogP contribution in [0.1, 0.15) is 42.5 Å². The Balaban J connectivity index is 1.86. The lowest BCUT2D eigenvalue weighted by atomic mass is 10.0. The Morgan fingerprint density at radius 1 is 1.37 bits per heavy atom. The fourth-order valence-electron chi connectivity index (χ4n) is 2.54. The quantitative estimate of drug-likeness (QED) is 0.912. The maximum Gasteiger partial charge on any atom is 0.0674 e. The molecular weight excluding hydrogens is 234 g/mol. The average molecular weight is 255 g/mol. The molecule has 1 saturated carbocycles. The Bertz CT molecular complexity index is 579. The van der Waals surface area contributed by atoms with E-state index in [0.29, 0.717) is 5.92 Å². The zero-order chi connectivity index (χ0) is 13.4. The Hall–Kier alpha value is -1.61. The lowest BCUT2D eigenvalue weighted by Crippen LogP contribution is -2.17. The highest BCUT2D eigenvalue weighted by molar-refractivity contribution is 5.42. The molecule has 0 amide bonds. The molecule has 3 nitrogen and oxygen atoms in total. The van der Waals surface area contributed by atoms with Crippen LogP contribution in [0.2, 0.25) is 0 Å². The van der Waals surface area contributed by atoms with Gasteiger partial charge in [0, 0.05) is 18.2 Å². The van der Waals surface area contributed by atoms with Crippen LogP contribution in [0.15, 0.2) is 30.5 Å². The van der Waals surface area contributed by atoms with Crippen LogP contribution in [-0.4, -0.2) is 15.8 Å². The van der Waals surface area contributed by atoms with Crippen LogP contribution in [0.5, 0.6) is 0 Å². The summed E-state index contributed by atoms with van der Waals surface area (Å²) >= 11 is 0. The molecule has 0 bridgehead atoms. The predicted octanol–water partition coefficient (Wildman–Crippen LogP) is 2.95. The van der Waals surface area contributed by atoms with E-state index in [1.165, 1.54) is 35.3 Å². The molecule has 1 aliphatic carbocycles. The third kappa shape index (κ3) is 2.71. The normalized spacial score (nSPS) is 16.6. The number of benzene rings is 1. The van der Waals surface area contributed by atoms with Gasteiger partial charge in [0.1, 0.15) is 0 Å². The second-order valence-corrected chi connectivity index (χ2v) is 5.76. The molecule has 1 aromatic carbocycles. The first-order valence-electron chi connectivity index (χ1n) is 7.04. The molecule has 0 radical (unpaired) electrons. The summed E-state index contributed by atoms with van der Waals surface area (Å²) in [5.41, 5.74) is 10.8. The largest absolute Gasteiger partial charge is 0.328 e. The van der Waals surface area contributed by atoms with E-state index < -0.39 is 0 Å². The third-order valence-corrected chi connectivity index (χ3v) is 3.67. The number of nitrogens with zero attached hydrogens (tertiary/aromatic N) is 2. The van der Waals surface area contributed by atoms with E-state index in [1.54, 1.807) is 0 Å². The third-order valence-electron chi connectivity index (χ3n) is 3.67. The minimum absolute atomic E-state index is 0.205. The van der Waals surface area contributed by atoms with Gasteiger partial charge in [-0.05, 0) is 56.4 Å². The summed E-state index contributed by atoms with van der Waals surface area (Å²) in [6.07, 6.45) is 5.58. The van der Waals surface area contributed by atoms with E-state index in [0.717, 1.165) is 6.42 Å². The van der Waals surface area contributed by atoms with Gasteiger partial charge in [-0.15, -0.1) is 0 Å². The van der Waals surface area contributed by atoms with Gasteiger partial charge in [-0.1, -0.05) is 12.1 Å². The van der Waals surface area contributed by atoms with Crippen molar-refractivity contribution in [2.24, 2.45) is 5.73 Å². The van der Waals surface area contributed by atoms with E-state index >= 15 is 0 Å². The van der Waals surface area contributed by atoms with Crippen molar-refractivity contribution in [2.45, 2.75) is 45.1 Å². The summed E-state index contributed by atoms with van der Waals surface area (Å²) in [6, 6.07) is 8.88. The summed E-state index contributed by atoms with van der Waals surface area (Å²) in [7, 11) is 0. The smallest absolute Gasteiger partial charge is 0.0674 e. The first-order valence-corrected chi connectivity index (χ1v) is 7.04. The summed E-state index contributed by atoms with van der Waals surface area (Å²) < 4.78 is 2.00. The van der Waals surface area contributed by atoms with E-state index in [1.807, 2.05) is 11.6 Å². The molecule has 1 aromatic heterocycles. The van der Waals surface area contributed by atoms with Crippen LogP contribution in [0, 0.1) is 6.92 Å². The fourth-order valence-corrected chi connectivity index (χ4v) is 2.54. The Labute approximate surface area is 114 Å². The van der Waals surface area contributed by atoms with E-state index in [-0.39, 0.29) is 6.04 Å². The molecule has 1 unspecified atom stereocenters. The minimum atomic E-state index is 0.205. The van der Waals surface area contributed by atoms with Crippen molar-refractivity contribution in [3.05, 3.63) is 47.3 Å². The van der Waals surface area contributed by atoms with Crippen molar-refractivity contribution < 1.29 is 0 Å². The number of aryl methyl sites for hydroxylation is 1. The number of nitrogens with two attached hydrogens (primary N) is 1. The zero-order valence-corrected chi connectivity index (χ0v) is 11.6.